The van der Waals surface area contributed by atoms with Crippen LogP contribution in [0.25, 0.3) is 54.2 Å². The third-order valence-corrected chi connectivity index (χ3v) is 12.2. The Hall–Kier alpha value is -7.16. The summed E-state index contributed by atoms with van der Waals surface area (Å²) >= 11 is 0. The topological polar surface area (TPSA) is 6.48 Å². The Bertz CT molecular complexity index is 3150. The molecule has 270 valence electrons. The maximum atomic E-state index is 2.45. The van der Waals surface area contributed by atoms with Crippen LogP contribution in [0.3, 0.4) is 0 Å². The van der Waals surface area contributed by atoms with Gasteiger partial charge in [-0.1, -0.05) is 153 Å². The number of benzene rings is 10. The van der Waals surface area contributed by atoms with E-state index < -0.39 is 0 Å². The molecule has 0 saturated carbocycles. The van der Waals surface area contributed by atoms with Crippen molar-refractivity contribution in [2.75, 3.05) is 9.80 Å². The van der Waals surface area contributed by atoms with Gasteiger partial charge in [0, 0.05) is 38.9 Å². The van der Waals surface area contributed by atoms with Gasteiger partial charge in [0.15, 0.2) is 0 Å². The second-order valence-corrected chi connectivity index (χ2v) is 15.8. The molecule has 2 heteroatoms. The molecule has 0 aliphatic heterocycles. The molecule has 0 radical (unpaired) electrons. The molecule has 0 unspecified atom stereocenters. The van der Waals surface area contributed by atoms with Crippen LogP contribution in [0.4, 0.5) is 34.1 Å². The molecule has 0 saturated heterocycles. The Morgan fingerprint density at radius 1 is 0.316 bits per heavy atom. The van der Waals surface area contributed by atoms with Gasteiger partial charge in [-0.15, -0.1) is 0 Å². The molecule has 1 aliphatic carbocycles. The highest BCUT2D eigenvalue weighted by Gasteiger charge is 2.35. The lowest BCUT2D eigenvalue weighted by molar-refractivity contribution is 0.645. The molecule has 10 aromatic rings. The number of hydrogen-bond donors (Lipinski definition) is 0. The first-order valence-electron chi connectivity index (χ1n) is 19.9. The van der Waals surface area contributed by atoms with Gasteiger partial charge in [-0.2, -0.15) is 0 Å². The molecule has 1 aliphatic rings. The van der Waals surface area contributed by atoms with Gasteiger partial charge in [0.25, 0.3) is 0 Å². The maximum absolute atomic E-state index is 2.45. The average Bonchev–Trinajstić information content (AvgIpc) is 3.27. The Balaban J connectivity index is 1.11. The molecule has 0 spiro atoms. The van der Waals surface area contributed by atoms with Crippen LogP contribution >= 0.6 is 0 Å². The number of para-hydroxylation sites is 2. The van der Waals surface area contributed by atoms with Crippen molar-refractivity contribution >= 4 is 77.2 Å². The zero-order chi connectivity index (χ0) is 38.1. The van der Waals surface area contributed by atoms with Crippen molar-refractivity contribution in [2.24, 2.45) is 0 Å². The number of anilines is 6. The highest BCUT2D eigenvalue weighted by atomic mass is 15.1. The first-order chi connectivity index (χ1) is 28.0. The first kappa shape index (κ1) is 33.2. The molecule has 0 fully saturated rings. The summed E-state index contributed by atoms with van der Waals surface area (Å²) in [5.41, 5.74) is 11.9. The van der Waals surface area contributed by atoms with Crippen LogP contribution in [0, 0.1) is 0 Å². The van der Waals surface area contributed by atoms with Crippen LogP contribution in [-0.2, 0) is 5.41 Å². The Morgan fingerprint density at radius 2 is 0.825 bits per heavy atom. The van der Waals surface area contributed by atoms with E-state index in [9.17, 15) is 0 Å². The molecule has 0 atom stereocenters. The van der Waals surface area contributed by atoms with Crippen LogP contribution < -0.4 is 9.80 Å². The Morgan fingerprint density at radius 3 is 1.46 bits per heavy atom. The average molecular weight is 729 g/mol. The van der Waals surface area contributed by atoms with E-state index in [0.29, 0.717) is 0 Å². The molecule has 0 aromatic heterocycles. The molecule has 2 nitrogen and oxygen atoms in total. The number of rotatable bonds is 6. The SMILES string of the molecule is CC1(C)c2cc(N(c3ccccc3)c3cccc4ccccc34)ccc2-c2cc3ccc(N(c4ccccc4)c4cccc5ccccc45)cc3c3cccc1c23. The van der Waals surface area contributed by atoms with Crippen LogP contribution in [0.15, 0.2) is 206 Å². The van der Waals surface area contributed by atoms with Gasteiger partial charge in [-0.05, 0) is 121 Å². The van der Waals surface area contributed by atoms with E-state index in [1.165, 1.54) is 76.7 Å². The van der Waals surface area contributed by atoms with E-state index in [2.05, 4.69) is 230 Å². The van der Waals surface area contributed by atoms with Gasteiger partial charge in [0.2, 0.25) is 0 Å². The lowest BCUT2D eigenvalue weighted by Gasteiger charge is -2.37. The first-order valence-corrected chi connectivity index (χ1v) is 19.9. The van der Waals surface area contributed by atoms with Crippen molar-refractivity contribution in [1.29, 1.82) is 0 Å². The predicted octanol–water partition coefficient (Wildman–Crippen LogP) is 15.5. The summed E-state index contributed by atoms with van der Waals surface area (Å²) in [7, 11) is 0. The monoisotopic (exact) mass is 728 g/mol. The van der Waals surface area contributed by atoms with E-state index in [1.54, 1.807) is 0 Å². The Kier molecular flexibility index (Phi) is 7.55. The highest BCUT2D eigenvalue weighted by Crippen LogP contribution is 2.53. The van der Waals surface area contributed by atoms with Crippen LogP contribution in [0.2, 0.25) is 0 Å². The summed E-state index contributed by atoms with van der Waals surface area (Å²) in [6.45, 7) is 4.80. The molecule has 0 amide bonds. The molecule has 0 bridgehead atoms. The minimum absolute atomic E-state index is 0.247. The third-order valence-electron chi connectivity index (χ3n) is 12.2. The van der Waals surface area contributed by atoms with Crippen molar-refractivity contribution in [2.45, 2.75) is 19.3 Å². The van der Waals surface area contributed by atoms with E-state index >= 15 is 0 Å². The van der Waals surface area contributed by atoms with E-state index in [-0.39, 0.29) is 5.41 Å². The maximum Gasteiger partial charge on any atom is 0.0540 e. The molecule has 11 rings (SSSR count). The lowest BCUT2D eigenvalue weighted by atomic mass is 9.68. The van der Waals surface area contributed by atoms with Crippen molar-refractivity contribution < 1.29 is 0 Å². The van der Waals surface area contributed by atoms with Gasteiger partial charge in [0.1, 0.15) is 0 Å². The van der Waals surface area contributed by atoms with E-state index in [4.69, 9.17) is 0 Å². The van der Waals surface area contributed by atoms with Crippen molar-refractivity contribution in [1.82, 2.24) is 0 Å². The van der Waals surface area contributed by atoms with Crippen molar-refractivity contribution in [3.63, 3.8) is 0 Å². The summed E-state index contributed by atoms with van der Waals surface area (Å²) in [6, 6.07) is 75.6. The van der Waals surface area contributed by atoms with E-state index in [0.717, 1.165) is 22.7 Å². The fourth-order valence-corrected chi connectivity index (χ4v) is 9.45. The smallest absolute Gasteiger partial charge is 0.0540 e. The van der Waals surface area contributed by atoms with Crippen LogP contribution in [0.5, 0.6) is 0 Å². The summed E-state index contributed by atoms with van der Waals surface area (Å²) in [5.74, 6) is 0. The molecule has 10 aromatic carbocycles. The van der Waals surface area contributed by atoms with Crippen LogP contribution in [-0.4, -0.2) is 0 Å². The minimum atomic E-state index is -0.247. The van der Waals surface area contributed by atoms with Crippen molar-refractivity contribution in [3.05, 3.63) is 217 Å². The molecule has 0 heterocycles. The third kappa shape index (κ3) is 5.25. The van der Waals surface area contributed by atoms with Gasteiger partial charge in [-0.3, -0.25) is 0 Å². The summed E-state index contributed by atoms with van der Waals surface area (Å²) < 4.78 is 0. The number of hydrogen-bond acceptors (Lipinski definition) is 2. The largest absolute Gasteiger partial charge is 0.310 e. The van der Waals surface area contributed by atoms with Crippen molar-refractivity contribution in [3.8, 4) is 11.1 Å². The zero-order valence-electron chi connectivity index (χ0n) is 32.0. The number of nitrogens with zero attached hydrogens (tertiary/aromatic N) is 2. The molecule has 57 heavy (non-hydrogen) atoms. The quantitative estimate of drug-likeness (QED) is 0.157. The summed E-state index contributed by atoms with van der Waals surface area (Å²) in [6.07, 6.45) is 0. The van der Waals surface area contributed by atoms with Gasteiger partial charge in [0.05, 0.1) is 11.4 Å². The zero-order valence-corrected chi connectivity index (χ0v) is 32.0. The summed E-state index contributed by atoms with van der Waals surface area (Å²) in [5, 5.41) is 10.0. The van der Waals surface area contributed by atoms with Gasteiger partial charge >= 0.3 is 0 Å². The molecular weight excluding hydrogens is 689 g/mol. The fourth-order valence-electron chi connectivity index (χ4n) is 9.45. The predicted molar refractivity (Wildman–Crippen MR) is 243 cm³/mol. The molecular formula is C55H40N2. The fraction of sp³-hybridized carbons (Fsp3) is 0.0545. The highest BCUT2D eigenvalue weighted by molar-refractivity contribution is 6.18. The van der Waals surface area contributed by atoms with Gasteiger partial charge in [-0.25, -0.2) is 0 Å². The normalized spacial score (nSPS) is 12.9. The lowest BCUT2D eigenvalue weighted by Crippen LogP contribution is -2.24. The van der Waals surface area contributed by atoms with Crippen LogP contribution in [0.1, 0.15) is 25.0 Å². The second-order valence-electron chi connectivity index (χ2n) is 15.8. The second kappa shape index (κ2) is 13.0. The standard InChI is InChI=1S/C55H40N2/c1-55(2)50-27-15-26-47-48-35-42(56(40-20-5-3-6-21-40)52-28-13-18-37-16-9-11-24-44(37)52)31-30-39(48)34-49(54(47)50)46-33-32-43(36-51(46)55)57(41-22-7-4-8-23-41)53-29-14-19-38-17-10-12-25-45(38)53/h3-36H,1-2H3. The summed E-state index contributed by atoms with van der Waals surface area (Å²) in [4.78, 5) is 4.83. The van der Waals surface area contributed by atoms with Gasteiger partial charge < -0.3 is 9.80 Å². The van der Waals surface area contributed by atoms with E-state index in [1.807, 2.05) is 0 Å². The number of fused-ring (bicyclic) bond motifs is 6. The Labute approximate surface area is 333 Å². The molecule has 0 N–H and O–H groups in total. The minimum Gasteiger partial charge on any atom is -0.310 e.